The molecule has 0 spiro atoms. The largest absolute Gasteiger partial charge is 0.399 e. The summed E-state index contributed by atoms with van der Waals surface area (Å²) in [5.74, 6) is -0.0963. The van der Waals surface area contributed by atoms with Gasteiger partial charge in [0, 0.05) is 18.4 Å². The Hall–Kier alpha value is -2.30. The molecule has 2 aromatic rings. The van der Waals surface area contributed by atoms with Crippen LogP contribution >= 0.6 is 0 Å². The number of hydrogen-bond donors (Lipinski definition) is 2. The van der Waals surface area contributed by atoms with E-state index in [1.807, 2.05) is 45.0 Å². The third-order valence-electron chi connectivity index (χ3n) is 3.21. The van der Waals surface area contributed by atoms with Crippen LogP contribution in [0.5, 0.6) is 0 Å². The van der Waals surface area contributed by atoms with Crippen LogP contribution in [0.4, 0.5) is 5.69 Å². The van der Waals surface area contributed by atoms with E-state index < -0.39 is 0 Å². The fourth-order valence-electron chi connectivity index (χ4n) is 1.91. The molecule has 21 heavy (non-hydrogen) atoms. The van der Waals surface area contributed by atoms with Gasteiger partial charge in [0.1, 0.15) is 0 Å². The van der Waals surface area contributed by atoms with Crippen LogP contribution in [0.15, 0.2) is 36.7 Å². The average molecular weight is 286 g/mol. The van der Waals surface area contributed by atoms with Gasteiger partial charge >= 0.3 is 0 Å². The standard InChI is InChI=1S/C16H22N4O/c1-16(2,3)20-11-13(10-19-20)15(21)18-9-8-12-4-6-14(17)7-5-12/h4-7,10-11H,8-9,17H2,1-3H3,(H,18,21). The van der Waals surface area contributed by atoms with Crippen LogP contribution in [0, 0.1) is 0 Å². The van der Waals surface area contributed by atoms with Crippen LogP contribution in [-0.2, 0) is 12.0 Å². The van der Waals surface area contributed by atoms with Gasteiger partial charge in [0.15, 0.2) is 0 Å². The summed E-state index contributed by atoms with van der Waals surface area (Å²) in [5.41, 5.74) is 8.00. The van der Waals surface area contributed by atoms with Crippen LogP contribution in [0.3, 0.4) is 0 Å². The Morgan fingerprint density at radius 1 is 1.29 bits per heavy atom. The van der Waals surface area contributed by atoms with Crippen molar-refractivity contribution in [3.05, 3.63) is 47.8 Å². The molecular weight excluding hydrogens is 264 g/mol. The normalized spacial score (nSPS) is 11.4. The topological polar surface area (TPSA) is 72.9 Å². The molecule has 1 amide bonds. The highest BCUT2D eigenvalue weighted by Gasteiger charge is 2.16. The van der Waals surface area contributed by atoms with E-state index in [9.17, 15) is 4.79 Å². The first kappa shape index (κ1) is 15.1. The molecular formula is C16H22N4O. The molecule has 0 aliphatic carbocycles. The fourth-order valence-corrected chi connectivity index (χ4v) is 1.91. The number of aromatic nitrogens is 2. The van der Waals surface area contributed by atoms with Gasteiger partial charge in [-0.1, -0.05) is 12.1 Å². The predicted molar refractivity (Wildman–Crippen MR) is 84.1 cm³/mol. The maximum Gasteiger partial charge on any atom is 0.254 e. The van der Waals surface area contributed by atoms with Crippen molar-refractivity contribution < 1.29 is 4.79 Å². The van der Waals surface area contributed by atoms with E-state index in [-0.39, 0.29) is 11.4 Å². The lowest BCUT2D eigenvalue weighted by molar-refractivity contribution is 0.0954. The Balaban J connectivity index is 1.87. The van der Waals surface area contributed by atoms with Crippen LogP contribution < -0.4 is 11.1 Å². The van der Waals surface area contributed by atoms with Gasteiger partial charge in [-0.2, -0.15) is 5.10 Å². The Kier molecular flexibility index (Phi) is 4.31. The van der Waals surface area contributed by atoms with E-state index in [4.69, 9.17) is 5.73 Å². The number of carbonyl (C=O) groups is 1. The molecule has 2 rings (SSSR count). The predicted octanol–water partition coefficient (Wildman–Crippen LogP) is 2.19. The fraction of sp³-hybridized carbons (Fsp3) is 0.375. The lowest BCUT2D eigenvalue weighted by Crippen LogP contribution is -2.26. The highest BCUT2D eigenvalue weighted by Crippen LogP contribution is 2.13. The van der Waals surface area contributed by atoms with Gasteiger partial charge in [-0.3, -0.25) is 9.48 Å². The maximum absolute atomic E-state index is 12.0. The summed E-state index contributed by atoms with van der Waals surface area (Å²) in [6.45, 7) is 6.72. The molecule has 0 saturated carbocycles. The zero-order valence-corrected chi connectivity index (χ0v) is 12.8. The minimum absolute atomic E-state index is 0.0963. The van der Waals surface area contributed by atoms with Gasteiger partial charge in [-0.05, 0) is 44.9 Å². The monoisotopic (exact) mass is 286 g/mol. The second-order valence-corrected chi connectivity index (χ2v) is 6.09. The zero-order chi connectivity index (χ0) is 15.5. The second-order valence-electron chi connectivity index (χ2n) is 6.09. The lowest BCUT2D eigenvalue weighted by Gasteiger charge is -2.18. The summed E-state index contributed by atoms with van der Waals surface area (Å²) in [7, 11) is 0. The Labute approximate surface area is 125 Å². The molecule has 1 aromatic heterocycles. The van der Waals surface area contributed by atoms with Gasteiger partial charge in [0.2, 0.25) is 0 Å². The molecule has 1 aromatic carbocycles. The molecule has 1 heterocycles. The third kappa shape index (κ3) is 4.08. The first-order chi connectivity index (χ1) is 9.86. The van der Waals surface area contributed by atoms with Crippen molar-refractivity contribution in [1.82, 2.24) is 15.1 Å². The smallest absolute Gasteiger partial charge is 0.254 e. The van der Waals surface area contributed by atoms with Crippen molar-refractivity contribution >= 4 is 11.6 Å². The molecule has 0 aliphatic rings. The van der Waals surface area contributed by atoms with Crippen LogP contribution in [0.1, 0.15) is 36.7 Å². The van der Waals surface area contributed by atoms with Crippen molar-refractivity contribution in [2.24, 2.45) is 0 Å². The highest BCUT2D eigenvalue weighted by molar-refractivity contribution is 5.93. The number of nitrogens with zero attached hydrogens (tertiary/aromatic N) is 2. The summed E-state index contributed by atoms with van der Waals surface area (Å²) < 4.78 is 1.79. The first-order valence-electron chi connectivity index (χ1n) is 7.04. The number of benzene rings is 1. The van der Waals surface area contributed by atoms with Crippen LogP contribution in [-0.4, -0.2) is 22.2 Å². The summed E-state index contributed by atoms with van der Waals surface area (Å²) in [4.78, 5) is 12.0. The van der Waals surface area contributed by atoms with E-state index in [2.05, 4.69) is 10.4 Å². The third-order valence-corrected chi connectivity index (χ3v) is 3.21. The summed E-state index contributed by atoms with van der Waals surface area (Å²) in [6, 6.07) is 7.67. The van der Waals surface area contributed by atoms with Gasteiger partial charge < -0.3 is 11.1 Å². The van der Waals surface area contributed by atoms with Crippen molar-refractivity contribution in [2.45, 2.75) is 32.7 Å². The number of carbonyl (C=O) groups excluding carboxylic acids is 1. The van der Waals surface area contributed by atoms with Crippen LogP contribution in [0.25, 0.3) is 0 Å². The molecule has 112 valence electrons. The molecule has 0 radical (unpaired) electrons. The number of nitrogens with two attached hydrogens (primary N) is 1. The summed E-state index contributed by atoms with van der Waals surface area (Å²) in [6.07, 6.45) is 4.15. The molecule has 0 atom stereocenters. The first-order valence-corrected chi connectivity index (χ1v) is 7.04. The van der Waals surface area contributed by atoms with Crippen molar-refractivity contribution in [3.8, 4) is 0 Å². The number of rotatable bonds is 4. The molecule has 0 bridgehead atoms. The lowest BCUT2D eigenvalue weighted by atomic mass is 10.1. The van der Waals surface area contributed by atoms with Gasteiger partial charge in [-0.15, -0.1) is 0 Å². The highest BCUT2D eigenvalue weighted by atomic mass is 16.1. The summed E-state index contributed by atoms with van der Waals surface area (Å²) in [5, 5.41) is 7.13. The number of nitrogen functional groups attached to an aromatic ring is 1. The van der Waals surface area contributed by atoms with Crippen molar-refractivity contribution in [2.75, 3.05) is 12.3 Å². The number of anilines is 1. The van der Waals surface area contributed by atoms with Crippen molar-refractivity contribution in [3.63, 3.8) is 0 Å². The number of nitrogens with one attached hydrogen (secondary N) is 1. The maximum atomic E-state index is 12.0. The van der Waals surface area contributed by atoms with Gasteiger partial charge in [0.25, 0.3) is 5.91 Å². The van der Waals surface area contributed by atoms with Crippen molar-refractivity contribution in [1.29, 1.82) is 0 Å². The quantitative estimate of drug-likeness (QED) is 0.846. The second kappa shape index (κ2) is 5.99. The minimum Gasteiger partial charge on any atom is -0.399 e. The molecule has 0 unspecified atom stereocenters. The van der Waals surface area contributed by atoms with Gasteiger partial charge in [-0.25, -0.2) is 0 Å². The number of hydrogen-bond acceptors (Lipinski definition) is 3. The summed E-state index contributed by atoms with van der Waals surface area (Å²) >= 11 is 0. The van der Waals surface area contributed by atoms with E-state index in [0.717, 1.165) is 17.7 Å². The van der Waals surface area contributed by atoms with E-state index in [0.29, 0.717) is 12.1 Å². The van der Waals surface area contributed by atoms with Crippen LogP contribution in [0.2, 0.25) is 0 Å². The van der Waals surface area contributed by atoms with E-state index in [1.165, 1.54) is 0 Å². The Morgan fingerprint density at radius 2 is 1.95 bits per heavy atom. The molecule has 5 heteroatoms. The minimum atomic E-state index is -0.123. The van der Waals surface area contributed by atoms with Gasteiger partial charge in [0.05, 0.1) is 17.3 Å². The molecule has 0 saturated heterocycles. The zero-order valence-electron chi connectivity index (χ0n) is 12.8. The molecule has 5 nitrogen and oxygen atoms in total. The van der Waals surface area contributed by atoms with E-state index in [1.54, 1.807) is 17.1 Å². The number of amides is 1. The molecule has 0 aliphatic heterocycles. The van der Waals surface area contributed by atoms with E-state index >= 15 is 0 Å². The Morgan fingerprint density at radius 3 is 2.52 bits per heavy atom. The molecule has 3 N–H and O–H groups in total. The Bertz CT molecular complexity index is 608. The molecule has 0 fully saturated rings. The average Bonchev–Trinajstić information content (AvgIpc) is 2.90. The SMILES string of the molecule is CC(C)(C)n1cc(C(=O)NCCc2ccc(N)cc2)cn1.